The van der Waals surface area contributed by atoms with Gasteiger partial charge in [0.25, 0.3) is 0 Å². The molecule has 288 valence electrons. The average Bonchev–Trinajstić information content (AvgIpc) is 3.85. The third kappa shape index (κ3) is 6.01. The summed E-state index contributed by atoms with van der Waals surface area (Å²) in [5.41, 5.74) is 12.2. The number of fused-ring (bicyclic) bond motifs is 7. The monoisotopic (exact) mass is 776 g/mol. The highest BCUT2D eigenvalue weighted by atomic mass is 32.1. The van der Waals surface area contributed by atoms with Crippen molar-refractivity contribution in [3.63, 3.8) is 0 Å². The van der Waals surface area contributed by atoms with Crippen molar-refractivity contribution in [1.29, 1.82) is 0 Å². The van der Waals surface area contributed by atoms with E-state index in [1.165, 1.54) is 70.3 Å². The van der Waals surface area contributed by atoms with Crippen molar-refractivity contribution in [3.8, 4) is 17.3 Å². The second-order valence-corrected chi connectivity index (χ2v) is 19.0. The van der Waals surface area contributed by atoms with Crippen LogP contribution in [0.15, 0.2) is 134 Å². The molecule has 0 fully saturated rings. The van der Waals surface area contributed by atoms with Gasteiger partial charge in [0.05, 0.1) is 22.4 Å². The lowest BCUT2D eigenvalue weighted by Gasteiger charge is -2.28. The first-order chi connectivity index (χ1) is 27.8. The molecule has 0 spiro atoms. The first kappa shape index (κ1) is 36.2. The third-order valence-electron chi connectivity index (χ3n) is 11.8. The number of pyridine rings is 1. The molecule has 0 bridgehead atoms. The summed E-state index contributed by atoms with van der Waals surface area (Å²) in [6.45, 7) is 18.8. The lowest BCUT2D eigenvalue weighted by Crippen LogP contribution is -2.25. The lowest BCUT2D eigenvalue weighted by molar-refractivity contribution is 0.483. The van der Waals surface area contributed by atoms with Crippen molar-refractivity contribution in [2.75, 3.05) is 16.5 Å². The molecule has 1 aliphatic heterocycles. The number of thiophene rings is 1. The fourth-order valence-corrected chi connectivity index (χ4v) is 9.95. The van der Waals surface area contributed by atoms with Crippen LogP contribution in [0.3, 0.4) is 0 Å². The highest BCUT2D eigenvalue weighted by molar-refractivity contribution is 7.25. The Morgan fingerprint density at radius 2 is 1.24 bits per heavy atom. The van der Waals surface area contributed by atoms with Crippen molar-refractivity contribution in [2.24, 2.45) is 0 Å². The summed E-state index contributed by atoms with van der Waals surface area (Å²) < 4.78 is 11.7. The van der Waals surface area contributed by atoms with E-state index in [0.29, 0.717) is 6.67 Å². The fraction of sp³-hybridized carbons (Fsp3) is 0.212. The Morgan fingerprint density at radius 1 is 0.552 bits per heavy atom. The molecule has 5 nitrogen and oxygen atoms in total. The second kappa shape index (κ2) is 13.2. The van der Waals surface area contributed by atoms with Crippen LogP contribution in [0.4, 0.5) is 22.7 Å². The molecular weight excluding hydrogens is 729 g/mol. The van der Waals surface area contributed by atoms with Crippen molar-refractivity contribution in [1.82, 2.24) is 9.55 Å². The van der Waals surface area contributed by atoms with Crippen LogP contribution in [0.2, 0.25) is 0 Å². The van der Waals surface area contributed by atoms with E-state index in [4.69, 9.17) is 9.72 Å². The summed E-state index contributed by atoms with van der Waals surface area (Å²) >= 11 is 1.85. The molecule has 0 aliphatic carbocycles. The number of hydrogen-bond acceptors (Lipinski definition) is 5. The molecule has 3 aromatic heterocycles. The molecular formula is C52H48N4OS. The molecule has 10 rings (SSSR count). The first-order valence-electron chi connectivity index (χ1n) is 20.2. The van der Waals surface area contributed by atoms with Gasteiger partial charge in [-0.3, -0.25) is 4.57 Å². The van der Waals surface area contributed by atoms with Crippen LogP contribution in [0, 0.1) is 13.8 Å². The van der Waals surface area contributed by atoms with E-state index in [2.05, 4.69) is 197 Å². The number of rotatable bonds is 5. The van der Waals surface area contributed by atoms with Crippen LogP contribution in [0.5, 0.6) is 11.5 Å². The number of nitrogens with zero attached hydrogens (tertiary/aromatic N) is 4. The lowest BCUT2D eigenvalue weighted by atomic mass is 9.84. The molecule has 6 heteroatoms. The maximum atomic E-state index is 6.78. The minimum absolute atomic E-state index is 0.0198. The Balaban J connectivity index is 1.05. The van der Waals surface area contributed by atoms with Crippen molar-refractivity contribution >= 4 is 76.1 Å². The summed E-state index contributed by atoms with van der Waals surface area (Å²) in [6.07, 6.45) is 1.94. The summed E-state index contributed by atoms with van der Waals surface area (Å²) in [5, 5.41) is 4.94. The van der Waals surface area contributed by atoms with Gasteiger partial charge in [-0.25, -0.2) is 4.98 Å². The van der Waals surface area contributed by atoms with Crippen LogP contribution in [-0.2, 0) is 10.8 Å². The third-order valence-corrected chi connectivity index (χ3v) is 12.9. The van der Waals surface area contributed by atoms with E-state index in [1.807, 2.05) is 17.5 Å². The summed E-state index contributed by atoms with van der Waals surface area (Å²) in [4.78, 5) is 9.83. The molecule has 0 amide bonds. The molecule has 58 heavy (non-hydrogen) atoms. The summed E-state index contributed by atoms with van der Waals surface area (Å²) in [5.74, 6) is 2.47. The SMILES string of the molecule is Cc1cc(C(C)(C)C)cc(C)c1N1CN(c2cccc(Oc3ccc4c5cc6sc7ccccc7c6cc5n(-c5cc(C(C)(C)C)ccn5)c4c3)c2)c2ccccc21. The number of aromatic nitrogens is 2. The zero-order chi connectivity index (χ0) is 40.1. The Morgan fingerprint density at radius 3 is 2.00 bits per heavy atom. The molecule has 0 saturated heterocycles. The van der Waals surface area contributed by atoms with E-state index in [-0.39, 0.29) is 10.8 Å². The fourth-order valence-electron chi connectivity index (χ4n) is 8.82. The minimum Gasteiger partial charge on any atom is -0.457 e. The van der Waals surface area contributed by atoms with Gasteiger partial charge < -0.3 is 14.5 Å². The van der Waals surface area contributed by atoms with Gasteiger partial charge in [0.1, 0.15) is 24.0 Å². The second-order valence-electron chi connectivity index (χ2n) is 17.9. The zero-order valence-corrected chi connectivity index (χ0v) is 35.3. The van der Waals surface area contributed by atoms with E-state index >= 15 is 0 Å². The standard InChI is InChI=1S/C52H48N4OS/c1-32-24-35(52(6,7)8)25-33(2)50(32)55-31-54(43-17-10-11-18-44(43)55)36-14-13-15-37(27-36)57-38-20-21-39-41-30-48-42(40-16-9-12-19-47(40)58-48)29-46(41)56(45(39)28-38)49-26-34(22-23-53-49)51(3,4)5/h9-30H,31H2,1-8H3. The molecule has 6 aromatic carbocycles. The first-order valence-corrected chi connectivity index (χ1v) is 21.0. The molecule has 0 saturated carbocycles. The average molecular weight is 777 g/mol. The maximum Gasteiger partial charge on any atom is 0.137 e. The van der Waals surface area contributed by atoms with Gasteiger partial charge >= 0.3 is 0 Å². The highest BCUT2D eigenvalue weighted by Crippen LogP contribution is 2.47. The Kier molecular flexibility index (Phi) is 8.26. The number of hydrogen-bond donors (Lipinski definition) is 0. The Bertz CT molecular complexity index is 3060. The molecule has 0 unspecified atom stereocenters. The Hall–Kier alpha value is -6.11. The molecule has 0 N–H and O–H groups in total. The predicted molar refractivity (Wildman–Crippen MR) is 247 cm³/mol. The number of para-hydroxylation sites is 2. The van der Waals surface area contributed by atoms with Gasteiger partial charge in [0, 0.05) is 60.6 Å². The van der Waals surface area contributed by atoms with Crippen molar-refractivity contribution in [3.05, 3.63) is 156 Å². The van der Waals surface area contributed by atoms with Crippen molar-refractivity contribution in [2.45, 2.75) is 66.2 Å². The van der Waals surface area contributed by atoms with Crippen molar-refractivity contribution < 1.29 is 4.74 Å². The summed E-state index contributed by atoms with van der Waals surface area (Å²) in [6, 6.07) is 46.2. The highest BCUT2D eigenvalue weighted by Gasteiger charge is 2.30. The van der Waals surface area contributed by atoms with Crippen LogP contribution in [0.25, 0.3) is 47.8 Å². The van der Waals surface area contributed by atoms with Gasteiger partial charge in [-0.1, -0.05) is 90.1 Å². The number of ether oxygens (including phenoxy) is 1. The smallest absolute Gasteiger partial charge is 0.137 e. The van der Waals surface area contributed by atoms with E-state index in [9.17, 15) is 0 Å². The predicted octanol–water partition coefficient (Wildman–Crippen LogP) is 14.8. The van der Waals surface area contributed by atoms with Gasteiger partial charge in [-0.2, -0.15) is 0 Å². The van der Waals surface area contributed by atoms with Gasteiger partial charge in [0.15, 0.2) is 0 Å². The van der Waals surface area contributed by atoms with Crippen LogP contribution >= 0.6 is 11.3 Å². The maximum absolute atomic E-state index is 6.78. The van der Waals surface area contributed by atoms with Crippen LogP contribution in [0.1, 0.15) is 63.8 Å². The molecule has 4 heterocycles. The number of benzene rings is 6. The topological polar surface area (TPSA) is 33.5 Å². The summed E-state index contributed by atoms with van der Waals surface area (Å²) in [7, 11) is 0. The number of anilines is 4. The van der Waals surface area contributed by atoms with E-state index < -0.39 is 0 Å². The molecule has 1 aliphatic rings. The largest absolute Gasteiger partial charge is 0.457 e. The van der Waals surface area contributed by atoms with E-state index in [0.717, 1.165) is 34.0 Å². The molecule has 0 atom stereocenters. The van der Waals surface area contributed by atoms with Gasteiger partial charge in [0.2, 0.25) is 0 Å². The van der Waals surface area contributed by atoms with E-state index in [1.54, 1.807) is 0 Å². The Labute approximate surface area is 344 Å². The van der Waals surface area contributed by atoms with Crippen LogP contribution < -0.4 is 14.5 Å². The minimum atomic E-state index is -0.0198. The quantitative estimate of drug-likeness (QED) is 0.174. The van der Waals surface area contributed by atoms with Crippen LogP contribution in [-0.4, -0.2) is 16.2 Å². The molecule has 9 aromatic rings. The van der Waals surface area contributed by atoms with Gasteiger partial charge in [-0.15, -0.1) is 11.3 Å². The zero-order valence-electron chi connectivity index (χ0n) is 34.5. The normalized spacial score (nSPS) is 13.4. The number of aryl methyl sites for hydroxylation is 2. The molecule has 0 radical (unpaired) electrons. The van der Waals surface area contributed by atoms with Gasteiger partial charge in [-0.05, 0) is 114 Å².